The van der Waals surface area contributed by atoms with Crippen molar-refractivity contribution in [1.82, 2.24) is 10.1 Å². The van der Waals surface area contributed by atoms with E-state index in [-0.39, 0.29) is 18.4 Å². The van der Waals surface area contributed by atoms with Gasteiger partial charge in [0.15, 0.2) is 6.61 Å². The maximum absolute atomic E-state index is 12.6. The molecule has 8 nitrogen and oxygen atoms in total. The number of likely N-dealkylation sites (N-methyl/N-ethyl adjacent to an activating group) is 1. The van der Waals surface area contributed by atoms with Gasteiger partial charge in [-0.15, -0.1) is 0 Å². The summed E-state index contributed by atoms with van der Waals surface area (Å²) in [5, 5.41) is 7.01. The van der Waals surface area contributed by atoms with E-state index in [9.17, 15) is 9.59 Å². The van der Waals surface area contributed by atoms with Crippen molar-refractivity contribution in [1.29, 1.82) is 0 Å². The predicted octanol–water partition coefficient (Wildman–Crippen LogP) is 5.02. The Morgan fingerprint density at radius 3 is 2.35 bits per heavy atom. The van der Waals surface area contributed by atoms with Crippen LogP contribution in [-0.4, -0.2) is 41.6 Å². The van der Waals surface area contributed by atoms with Crippen molar-refractivity contribution in [3.05, 3.63) is 70.1 Å². The second-order valence-electron chi connectivity index (χ2n) is 7.57. The normalized spacial score (nSPS) is 10.6. The number of ether oxygens (including phenoxy) is 2. The summed E-state index contributed by atoms with van der Waals surface area (Å²) in [5.74, 6) is 1.32. The average molecular weight is 486 g/mol. The first-order chi connectivity index (χ1) is 16.3. The molecule has 180 valence electrons. The largest absolute Gasteiger partial charge is 0.489 e. The first-order valence-electron chi connectivity index (χ1n) is 11.0. The van der Waals surface area contributed by atoms with Gasteiger partial charge < -0.3 is 24.2 Å². The van der Waals surface area contributed by atoms with Gasteiger partial charge in [0, 0.05) is 24.3 Å². The monoisotopic (exact) mass is 485 g/mol. The van der Waals surface area contributed by atoms with E-state index in [0.717, 1.165) is 17.0 Å². The second-order valence-corrected chi connectivity index (χ2v) is 7.98. The molecule has 0 fully saturated rings. The van der Waals surface area contributed by atoms with Gasteiger partial charge in [0.1, 0.15) is 23.9 Å². The molecule has 0 saturated carbocycles. The fraction of sp³-hybridized carbons (Fsp3) is 0.320. The van der Waals surface area contributed by atoms with Crippen molar-refractivity contribution in [2.75, 3.05) is 25.0 Å². The number of aromatic nitrogens is 1. The number of carbonyl (C=O) groups excluding carboxylic acids is 2. The van der Waals surface area contributed by atoms with E-state index in [0.29, 0.717) is 47.5 Å². The fourth-order valence-corrected chi connectivity index (χ4v) is 3.51. The van der Waals surface area contributed by atoms with Gasteiger partial charge in [0.2, 0.25) is 0 Å². The molecule has 0 saturated heterocycles. The van der Waals surface area contributed by atoms with Crippen LogP contribution in [0, 0.1) is 13.8 Å². The molecule has 34 heavy (non-hydrogen) atoms. The summed E-state index contributed by atoms with van der Waals surface area (Å²) in [7, 11) is 0. The standard InChI is InChI=1S/C25H28ClN3O5/c1-5-29(6-2)24(30)15-33-23-12-9-19(13-22(23)26)27-25(31)18-7-10-20(11-8-18)32-14-21-16(3)28-34-17(21)4/h7-13H,5-6,14-15H2,1-4H3,(H,27,31). The predicted molar refractivity (Wildman–Crippen MR) is 130 cm³/mol. The zero-order valence-electron chi connectivity index (χ0n) is 19.7. The quantitative estimate of drug-likeness (QED) is 0.433. The Morgan fingerprint density at radius 1 is 1.06 bits per heavy atom. The van der Waals surface area contributed by atoms with Crippen LogP contribution in [0.5, 0.6) is 11.5 Å². The van der Waals surface area contributed by atoms with Crippen LogP contribution < -0.4 is 14.8 Å². The Hall–Kier alpha value is -3.52. The van der Waals surface area contributed by atoms with Crippen molar-refractivity contribution in [3.8, 4) is 11.5 Å². The lowest BCUT2D eigenvalue weighted by Gasteiger charge is -2.19. The Kier molecular flexibility index (Phi) is 8.54. The number of amides is 2. The van der Waals surface area contributed by atoms with Crippen molar-refractivity contribution < 1.29 is 23.6 Å². The van der Waals surface area contributed by atoms with E-state index in [2.05, 4.69) is 10.5 Å². The van der Waals surface area contributed by atoms with E-state index in [1.54, 1.807) is 47.4 Å². The summed E-state index contributed by atoms with van der Waals surface area (Å²) >= 11 is 6.28. The molecule has 1 N–H and O–H groups in total. The third-order valence-electron chi connectivity index (χ3n) is 5.34. The highest BCUT2D eigenvalue weighted by Crippen LogP contribution is 2.28. The minimum atomic E-state index is -0.293. The lowest BCUT2D eigenvalue weighted by molar-refractivity contribution is -0.132. The molecular weight excluding hydrogens is 458 g/mol. The summed E-state index contributed by atoms with van der Waals surface area (Å²) in [6.07, 6.45) is 0. The molecule has 2 amide bonds. The number of halogens is 1. The summed E-state index contributed by atoms with van der Waals surface area (Å²) in [6.45, 7) is 8.98. The van der Waals surface area contributed by atoms with Crippen molar-refractivity contribution in [3.63, 3.8) is 0 Å². The first-order valence-corrected chi connectivity index (χ1v) is 11.4. The van der Waals surface area contributed by atoms with Gasteiger partial charge >= 0.3 is 0 Å². The highest BCUT2D eigenvalue weighted by atomic mass is 35.5. The molecule has 0 aliphatic heterocycles. The molecule has 1 heterocycles. The summed E-state index contributed by atoms with van der Waals surface area (Å²) < 4.78 is 16.5. The van der Waals surface area contributed by atoms with Gasteiger partial charge in [-0.25, -0.2) is 0 Å². The second kappa shape index (κ2) is 11.6. The van der Waals surface area contributed by atoms with Gasteiger partial charge in [0.25, 0.3) is 11.8 Å². The number of anilines is 1. The van der Waals surface area contributed by atoms with E-state index in [4.69, 9.17) is 25.6 Å². The molecule has 3 aromatic rings. The van der Waals surface area contributed by atoms with Gasteiger partial charge in [-0.05, 0) is 70.2 Å². The van der Waals surface area contributed by atoms with Crippen LogP contribution in [0.15, 0.2) is 47.0 Å². The number of hydrogen-bond donors (Lipinski definition) is 1. The summed E-state index contributed by atoms with van der Waals surface area (Å²) in [5.41, 5.74) is 2.67. The highest BCUT2D eigenvalue weighted by Gasteiger charge is 2.13. The van der Waals surface area contributed by atoms with Crippen LogP contribution in [0.4, 0.5) is 5.69 Å². The smallest absolute Gasteiger partial charge is 0.260 e. The Labute approximate surface area is 203 Å². The number of aryl methyl sites for hydroxylation is 2. The molecule has 1 aromatic heterocycles. The summed E-state index contributed by atoms with van der Waals surface area (Å²) in [6, 6.07) is 11.7. The Bertz CT molecular complexity index is 1120. The molecular formula is C25H28ClN3O5. The van der Waals surface area contributed by atoms with Crippen LogP contribution in [0.2, 0.25) is 5.02 Å². The van der Waals surface area contributed by atoms with Crippen LogP contribution >= 0.6 is 11.6 Å². The fourth-order valence-electron chi connectivity index (χ4n) is 3.27. The topological polar surface area (TPSA) is 93.9 Å². The number of nitrogens with zero attached hydrogens (tertiary/aromatic N) is 2. The zero-order chi connectivity index (χ0) is 24.7. The lowest BCUT2D eigenvalue weighted by Crippen LogP contribution is -2.34. The van der Waals surface area contributed by atoms with Crippen LogP contribution in [0.1, 0.15) is 41.2 Å². The van der Waals surface area contributed by atoms with E-state index in [1.807, 2.05) is 27.7 Å². The molecule has 0 unspecified atom stereocenters. The van der Waals surface area contributed by atoms with Crippen molar-refractivity contribution in [2.24, 2.45) is 0 Å². The molecule has 0 spiro atoms. The maximum atomic E-state index is 12.6. The molecule has 2 aromatic carbocycles. The third kappa shape index (κ3) is 6.29. The molecule has 0 aliphatic rings. The zero-order valence-corrected chi connectivity index (χ0v) is 20.4. The highest BCUT2D eigenvalue weighted by molar-refractivity contribution is 6.32. The number of carbonyl (C=O) groups is 2. The van der Waals surface area contributed by atoms with Crippen LogP contribution in [0.25, 0.3) is 0 Å². The van der Waals surface area contributed by atoms with Crippen molar-refractivity contribution in [2.45, 2.75) is 34.3 Å². The molecule has 3 rings (SSSR count). The maximum Gasteiger partial charge on any atom is 0.260 e. The van der Waals surface area contributed by atoms with Gasteiger partial charge in [-0.2, -0.15) is 0 Å². The minimum absolute atomic E-state index is 0.0994. The van der Waals surface area contributed by atoms with E-state index >= 15 is 0 Å². The molecule has 0 bridgehead atoms. The third-order valence-corrected chi connectivity index (χ3v) is 5.63. The number of rotatable bonds is 10. The molecule has 0 radical (unpaired) electrons. The first kappa shape index (κ1) is 25.1. The van der Waals surface area contributed by atoms with Crippen molar-refractivity contribution >= 4 is 29.1 Å². The van der Waals surface area contributed by atoms with Crippen LogP contribution in [-0.2, 0) is 11.4 Å². The number of hydrogen-bond acceptors (Lipinski definition) is 6. The number of nitrogens with one attached hydrogen (secondary N) is 1. The van der Waals surface area contributed by atoms with E-state index < -0.39 is 0 Å². The molecule has 0 atom stereocenters. The van der Waals surface area contributed by atoms with Gasteiger partial charge in [0.05, 0.1) is 16.3 Å². The van der Waals surface area contributed by atoms with Gasteiger partial charge in [-0.3, -0.25) is 9.59 Å². The van der Waals surface area contributed by atoms with Crippen LogP contribution in [0.3, 0.4) is 0 Å². The van der Waals surface area contributed by atoms with E-state index in [1.165, 1.54) is 0 Å². The SMILES string of the molecule is CCN(CC)C(=O)COc1ccc(NC(=O)c2ccc(OCc3c(C)noc3C)cc2)cc1Cl. The Balaban J connectivity index is 1.55. The Morgan fingerprint density at radius 2 is 1.76 bits per heavy atom. The van der Waals surface area contributed by atoms with Gasteiger partial charge in [-0.1, -0.05) is 16.8 Å². The minimum Gasteiger partial charge on any atom is -0.489 e. The summed E-state index contributed by atoms with van der Waals surface area (Å²) in [4.78, 5) is 26.4. The number of benzene rings is 2. The molecule has 0 aliphatic carbocycles. The lowest BCUT2D eigenvalue weighted by atomic mass is 10.2. The molecule has 9 heteroatoms. The average Bonchev–Trinajstić information content (AvgIpc) is 3.15.